The molecule has 1 amide bonds. The van der Waals surface area contributed by atoms with Gasteiger partial charge in [-0.15, -0.1) is 0 Å². The van der Waals surface area contributed by atoms with E-state index < -0.39 is 57.1 Å². The van der Waals surface area contributed by atoms with Gasteiger partial charge in [-0.05, 0) is 111 Å². The number of carbonyl (C=O) groups is 2. The number of ether oxygens (including phenoxy) is 4. The van der Waals surface area contributed by atoms with Crippen molar-refractivity contribution in [2.24, 2.45) is 17.8 Å². The number of nitrogens with one attached hydrogen (secondary N) is 1. The van der Waals surface area contributed by atoms with Crippen LogP contribution in [-0.4, -0.2) is 101 Å². The third kappa shape index (κ3) is 8.28. The van der Waals surface area contributed by atoms with Crippen LogP contribution in [0.1, 0.15) is 73.9 Å². The Labute approximate surface area is 336 Å². The van der Waals surface area contributed by atoms with E-state index in [1.807, 2.05) is 17.0 Å². The molecular weight excluding hydrogens is 787 g/mol. The maximum atomic E-state index is 13.6. The number of amides is 1. The van der Waals surface area contributed by atoms with Crippen molar-refractivity contribution >= 4 is 39.2 Å². The van der Waals surface area contributed by atoms with Crippen molar-refractivity contribution in [3.8, 4) is 5.75 Å². The number of alkyl halides is 3. The SMILES string of the molecule is CC1C/C=C/C(OC(CN2C[C@H]3C[C@@H]2CO3)OC(=O)C(F)(F)F)[C@@H]2CC[C@H]2CN2C[C@@]3(CCCc4cc(Cl)ccc43)COc3ccc(cc32)C(=O)NS(=O)(=O)C1C. The first kappa shape index (κ1) is 40.4. The van der Waals surface area contributed by atoms with Crippen LogP contribution in [0.4, 0.5) is 18.9 Å². The summed E-state index contributed by atoms with van der Waals surface area (Å²) in [5.74, 6) is -3.12. The second-order valence-electron chi connectivity index (χ2n) is 16.8. The van der Waals surface area contributed by atoms with Crippen molar-refractivity contribution in [2.75, 3.05) is 44.3 Å². The summed E-state index contributed by atoms with van der Waals surface area (Å²) in [6.45, 7) is 5.58. The van der Waals surface area contributed by atoms with Crippen LogP contribution >= 0.6 is 11.6 Å². The quantitative estimate of drug-likeness (QED) is 0.213. The highest BCUT2D eigenvalue weighted by Crippen LogP contribution is 2.47. The summed E-state index contributed by atoms with van der Waals surface area (Å²) < 4.78 is 94.1. The van der Waals surface area contributed by atoms with Gasteiger partial charge in [-0.2, -0.15) is 13.2 Å². The average Bonchev–Trinajstić information content (AvgIpc) is 3.73. The average molecular weight is 836 g/mol. The second-order valence-corrected chi connectivity index (χ2v) is 19.3. The van der Waals surface area contributed by atoms with Gasteiger partial charge in [-0.1, -0.05) is 36.7 Å². The van der Waals surface area contributed by atoms with E-state index in [0.29, 0.717) is 55.7 Å². The highest BCUT2D eigenvalue weighted by Gasteiger charge is 2.48. The standard InChI is InChI=1S/C41H49ClF3N3O8S/c1-24-5-3-7-35(55-37(56-39(50)41(43,44)45)20-47-19-31-17-30(47)21-53-31)32-11-8-28(32)18-48-22-40(14-4-6-26-15-29(42)10-12-33(26)40)23-54-36-13-9-27(16-34(36)48)38(49)46-57(51,52)25(24)2/h3,7,9-10,12-13,15-16,24-25,28,30-32,35,37H,4-6,8,11,14,17-23H2,1-2H3,(H,46,49)/b7-3+/t24?,25?,28-,30+,31+,32+,35?,37?,40-/m0/s1. The Morgan fingerprint density at radius 3 is 2.68 bits per heavy atom. The smallest absolute Gasteiger partial charge is 0.490 e. The van der Waals surface area contributed by atoms with E-state index >= 15 is 0 Å². The number of fused-ring (bicyclic) bond motifs is 6. The summed E-state index contributed by atoms with van der Waals surface area (Å²) in [6.07, 6.45) is 1.22. The molecule has 57 heavy (non-hydrogen) atoms. The van der Waals surface area contributed by atoms with Gasteiger partial charge in [0, 0.05) is 41.7 Å². The molecule has 11 nitrogen and oxygen atoms in total. The van der Waals surface area contributed by atoms with E-state index in [-0.39, 0.29) is 42.5 Å². The van der Waals surface area contributed by atoms with Crippen LogP contribution in [-0.2, 0) is 40.9 Å². The van der Waals surface area contributed by atoms with Crippen molar-refractivity contribution in [3.05, 3.63) is 70.3 Å². The van der Waals surface area contributed by atoms with Crippen LogP contribution in [0.5, 0.6) is 5.75 Å². The molecule has 0 radical (unpaired) electrons. The third-order valence-electron chi connectivity index (χ3n) is 13.2. The Kier molecular flexibility index (Phi) is 11.1. The number of sulfonamides is 1. The normalized spacial score (nSPS) is 33.5. The van der Waals surface area contributed by atoms with Crippen LogP contribution in [0, 0.1) is 17.8 Å². The number of esters is 1. The number of rotatable bonds is 5. The topological polar surface area (TPSA) is 124 Å². The summed E-state index contributed by atoms with van der Waals surface area (Å²) in [6, 6.07) is 10.9. The molecule has 4 bridgehead atoms. The van der Waals surface area contributed by atoms with Crippen LogP contribution in [0.25, 0.3) is 0 Å². The van der Waals surface area contributed by atoms with Crippen molar-refractivity contribution in [1.82, 2.24) is 9.62 Å². The molecule has 6 aliphatic rings. The van der Waals surface area contributed by atoms with Crippen LogP contribution in [0.3, 0.4) is 0 Å². The molecule has 2 aliphatic carbocycles. The Balaban J connectivity index is 1.16. The molecule has 1 spiro atoms. The number of benzene rings is 2. The summed E-state index contributed by atoms with van der Waals surface area (Å²) >= 11 is 6.45. The van der Waals surface area contributed by atoms with Crippen LogP contribution in [0.2, 0.25) is 5.02 Å². The highest BCUT2D eigenvalue weighted by molar-refractivity contribution is 7.90. The molecule has 4 unspecified atom stereocenters. The number of allylic oxidation sites excluding steroid dienone is 1. The number of aryl methyl sites for hydroxylation is 1. The fourth-order valence-electron chi connectivity index (χ4n) is 9.65. The molecule has 16 heteroatoms. The minimum Gasteiger partial charge on any atom is -0.490 e. The lowest BCUT2D eigenvalue weighted by Gasteiger charge is -2.46. The van der Waals surface area contributed by atoms with E-state index in [4.69, 9.17) is 30.5 Å². The zero-order valence-corrected chi connectivity index (χ0v) is 33.6. The number of nitrogens with zero attached hydrogens (tertiary/aromatic N) is 2. The number of anilines is 1. The zero-order valence-electron chi connectivity index (χ0n) is 32.0. The zero-order chi connectivity index (χ0) is 40.3. The number of likely N-dealkylation sites (tertiary alicyclic amines) is 1. The molecule has 1 saturated carbocycles. The number of morpholine rings is 1. The summed E-state index contributed by atoms with van der Waals surface area (Å²) in [7, 11) is -4.12. The fraction of sp³-hybridized carbons (Fsp3) is 0.610. The van der Waals surface area contributed by atoms with Gasteiger partial charge in [0.1, 0.15) is 5.75 Å². The van der Waals surface area contributed by atoms with Crippen molar-refractivity contribution in [1.29, 1.82) is 0 Å². The summed E-state index contributed by atoms with van der Waals surface area (Å²) in [5, 5.41) is -0.312. The summed E-state index contributed by atoms with van der Waals surface area (Å²) in [4.78, 5) is 30.1. The molecule has 4 aliphatic heterocycles. The monoisotopic (exact) mass is 835 g/mol. The Bertz CT molecular complexity index is 2020. The van der Waals surface area contributed by atoms with E-state index in [2.05, 4.69) is 15.7 Å². The predicted octanol–water partition coefficient (Wildman–Crippen LogP) is 6.17. The van der Waals surface area contributed by atoms with E-state index in [0.717, 1.165) is 43.2 Å². The third-order valence-corrected chi connectivity index (χ3v) is 15.3. The lowest BCUT2D eigenvalue weighted by Crippen LogP contribution is -2.51. The van der Waals surface area contributed by atoms with Gasteiger partial charge >= 0.3 is 12.1 Å². The van der Waals surface area contributed by atoms with Crippen molar-refractivity contribution in [2.45, 2.75) is 100 Å². The molecule has 4 heterocycles. The molecular formula is C41H49ClF3N3O8S. The van der Waals surface area contributed by atoms with Crippen molar-refractivity contribution < 1.29 is 50.1 Å². The minimum atomic E-state index is -5.21. The predicted molar refractivity (Wildman–Crippen MR) is 206 cm³/mol. The van der Waals surface area contributed by atoms with Crippen LogP contribution in [0.15, 0.2) is 48.6 Å². The maximum Gasteiger partial charge on any atom is 0.491 e. The maximum absolute atomic E-state index is 13.6. The van der Waals surface area contributed by atoms with Gasteiger partial charge in [-0.3, -0.25) is 9.69 Å². The Hall–Kier alpha value is -3.37. The fourth-order valence-corrected chi connectivity index (χ4v) is 11.1. The first-order chi connectivity index (χ1) is 27.1. The van der Waals surface area contributed by atoms with Gasteiger partial charge in [-0.25, -0.2) is 17.9 Å². The second kappa shape index (κ2) is 15.7. The molecule has 3 fully saturated rings. The largest absolute Gasteiger partial charge is 0.491 e. The van der Waals surface area contributed by atoms with Gasteiger partial charge in [0.25, 0.3) is 5.91 Å². The van der Waals surface area contributed by atoms with E-state index in [1.165, 1.54) is 6.92 Å². The number of hydrogen-bond acceptors (Lipinski definition) is 10. The number of carbonyl (C=O) groups excluding carboxylic acids is 2. The Morgan fingerprint density at radius 1 is 1.14 bits per heavy atom. The molecule has 2 aromatic rings. The Morgan fingerprint density at radius 2 is 1.96 bits per heavy atom. The first-order valence-corrected chi connectivity index (χ1v) is 21.8. The number of hydrogen-bond donors (Lipinski definition) is 1. The first-order valence-electron chi connectivity index (χ1n) is 19.9. The molecule has 2 saturated heterocycles. The molecule has 310 valence electrons. The lowest BCUT2D eigenvalue weighted by atomic mass is 9.68. The van der Waals surface area contributed by atoms with Crippen molar-refractivity contribution in [3.63, 3.8) is 0 Å². The molecule has 0 aromatic heterocycles. The van der Waals surface area contributed by atoms with E-state index in [1.54, 1.807) is 37.3 Å². The number of halogens is 4. The highest BCUT2D eigenvalue weighted by atomic mass is 35.5. The van der Waals surface area contributed by atoms with Gasteiger partial charge in [0.2, 0.25) is 16.3 Å². The van der Waals surface area contributed by atoms with E-state index in [9.17, 15) is 31.2 Å². The molecule has 9 atom stereocenters. The minimum absolute atomic E-state index is 0.00629. The van der Waals surface area contributed by atoms with Crippen LogP contribution < -0.4 is 14.4 Å². The summed E-state index contributed by atoms with van der Waals surface area (Å²) in [5.41, 5.74) is 2.69. The lowest BCUT2D eigenvalue weighted by molar-refractivity contribution is -0.237. The molecule has 8 rings (SSSR count). The van der Waals surface area contributed by atoms with Gasteiger partial charge < -0.3 is 23.8 Å². The van der Waals surface area contributed by atoms with Gasteiger partial charge in [0.05, 0.1) is 42.9 Å². The molecule has 2 aromatic carbocycles. The molecule has 1 N–H and O–H groups in total. The van der Waals surface area contributed by atoms with Gasteiger partial charge in [0.15, 0.2) is 0 Å².